The van der Waals surface area contributed by atoms with Crippen LogP contribution in [-0.4, -0.2) is 73.7 Å². The van der Waals surface area contributed by atoms with Crippen LogP contribution < -0.4 is 15.8 Å². The lowest BCUT2D eigenvalue weighted by Crippen LogP contribution is -2.41. The highest BCUT2D eigenvalue weighted by Gasteiger charge is 2.47. The first kappa shape index (κ1) is 28.5. The van der Waals surface area contributed by atoms with E-state index in [1.807, 2.05) is 40.8 Å². The standard InChI is InChI=1S/C34H36N8O4/c1-40-30-24(12-21(14-27(30)45-2)33(43)42-17-20-6-8-25(42)29(20)35)38-32(40)26-13-19-7-9-28(39-31(19)41(26)16-18-4-5-18)37-23-10-11-36-15-22(23)34(44)46-3/h7,9-15,18,20,25,29H,4-6,8,16-17,35H2,1-3H3,(H,36,37,39)/t20?,25?,29-/m1/s1. The number of pyridine rings is 2. The lowest BCUT2D eigenvalue weighted by molar-refractivity contribution is 0.0600. The fourth-order valence-corrected chi connectivity index (χ4v) is 7.31. The quantitative estimate of drug-likeness (QED) is 0.240. The second-order valence-electron chi connectivity index (χ2n) is 12.7. The number of fused-ring (bicyclic) bond motifs is 4. The number of amides is 1. The van der Waals surface area contributed by atoms with E-state index in [9.17, 15) is 9.59 Å². The number of anilines is 2. The van der Waals surface area contributed by atoms with Crippen LogP contribution in [0.5, 0.6) is 5.75 Å². The Morgan fingerprint density at radius 2 is 1.91 bits per heavy atom. The van der Waals surface area contributed by atoms with Gasteiger partial charge in [-0.05, 0) is 73.9 Å². The van der Waals surface area contributed by atoms with Crippen molar-refractivity contribution < 1.29 is 19.1 Å². The SMILES string of the molecule is COC(=O)c1cnccc1Nc1ccc2cc(-c3nc4cc(C(=O)N5CC6CCC5[C@@H]6N)cc(OC)c4n3C)n(CC3CC3)c2n1. The summed E-state index contributed by atoms with van der Waals surface area (Å²) in [6.45, 7) is 1.51. The third-order valence-corrected chi connectivity index (χ3v) is 9.92. The summed E-state index contributed by atoms with van der Waals surface area (Å²) < 4.78 is 15.0. The van der Waals surface area contributed by atoms with Crippen LogP contribution in [0.1, 0.15) is 46.4 Å². The summed E-state index contributed by atoms with van der Waals surface area (Å²) in [5, 5.41) is 4.25. The summed E-state index contributed by atoms with van der Waals surface area (Å²) >= 11 is 0. The molecule has 5 heterocycles. The third-order valence-electron chi connectivity index (χ3n) is 9.92. The van der Waals surface area contributed by atoms with Gasteiger partial charge in [-0.25, -0.2) is 14.8 Å². The number of esters is 1. The number of benzene rings is 1. The van der Waals surface area contributed by atoms with Crippen molar-refractivity contribution in [1.29, 1.82) is 0 Å². The van der Waals surface area contributed by atoms with Gasteiger partial charge in [-0.1, -0.05) is 0 Å². The molecule has 1 amide bonds. The molecule has 2 bridgehead atoms. The zero-order chi connectivity index (χ0) is 31.7. The number of nitrogens with one attached hydrogen (secondary N) is 1. The summed E-state index contributed by atoms with van der Waals surface area (Å²) in [7, 11) is 4.95. The number of aromatic nitrogens is 5. The Hall–Kier alpha value is -4.97. The van der Waals surface area contributed by atoms with Crippen molar-refractivity contribution in [3.05, 3.63) is 59.9 Å². The maximum atomic E-state index is 13.7. The van der Waals surface area contributed by atoms with Gasteiger partial charge in [-0.15, -0.1) is 0 Å². The summed E-state index contributed by atoms with van der Waals surface area (Å²) in [6, 6.07) is 11.6. The van der Waals surface area contributed by atoms with Crippen LogP contribution in [0.3, 0.4) is 0 Å². The van der Waals surface area contributed by atoms with Crippen molar-refractivity contribution in [3.63, 3.8) is 0 Å². The van der Waals surface area contributed by atoms with Crippen LogP contribution in [0, 0.1) is 11.8 Å². The molecular formula is C34H36N8O4. The van der Waals surface area contributed by atoms with Crippen LogP contribution in [-0.2, 0) is 18.3 Å². The van der Waals surface area contributed by atoms with Crippen LogP contribution >= 0.6 is 0 Å². The molecule has 1 aliphatic heterocycles. The summed E-state index contributed by atoms with van der Waals surface area (Å²) in [4.78, 5) is 42.2. The average molecular weight is 621 g/mol. The minimum atomic E-state index is -0.477. The largest absolute Gasteiger partial charge is 0.494 e. The number of likely N-dealkylation sites (tertiary alicyclic amines) is 1. The first-order chi connectivity index (χ1) is 22.3. The normalized spacial score (nSPS) is 20.5. The van der Waals surface area contributed by atoms with E-state index in [0.29, 0.717) is 52.3 Å². The first-order valence-electron chi connectivity index (χ1n) is 15.8. The molecule has 46 heavy (non-hydrogen) atoms. The van der Waals surface area contributed by atoms with E-state index in [0.717, 1.165) is 47.5 Å². The molecule has 4 aromatic heterocycles. The predicted octanol–water partition coefficient (Wildman–Crippen LogP) is 4.50. The number of rotatable bonds is 8. The average Bonchev–Trinajstić information content (AvgIpc) is 3.48. The lowest BCUT2D eigenvalue weighted by Gasteiger charge is -2.27. The number of imidazole rings is 1. The number of methoxy groups -OCH3 is 2. The molecule has 12 heteroatoms. The van der Waals surface area contributed by atoms with Crippen molar-refractivity contribution in [3.8, 4) is 17.3 Å². The number of piperidine rings is 1. The Morgan fingerprint density at radius 3 is 2.63 bits per heavy atom. The molecule has 8 rings (SSSR count). The highest BCUT2D eigenvalue weighted by Crippen LogP contribution is 2.40. The number of carbonyl (C=O) groups is 2. The zero-order valence-corrected chi connectivity index (χ0v) is 26.1. The van der Waals surface area contributed by atoms with Crippen LogP contribution in [0.2, 0.25) is 0 Å². The molecule has 3 atom stereocenters. The molecule has 1 aromatic carbocycles. The smallest absolute Gasteiger partial charge is 0.341 e. The van der Waals surface area contributed by atoms with E-state index in [1.165, 1.54) is 26.1 Å². The molecule has 2 unspecified atom stereocenters. The minimum Gasteiger partial charge on any atom is -0.494 e. The minimum absolute atomic E-state index is 0.0216. The first-order valence-corrected chi connectivity index (χ1v) is 15.8. The molecule has 0 spiro atoms. The van der Waals surface area contributed by atoms with Crippen LogP contribution in [0.4, 0.5) is 11.5 Å². The van der Waals surface area contributed by atoms with Gasteiger partial charge in [0.05, 0.1) is 31.1 Å². The molecule has 2 saturated carbocycles. The summed E-state index contributed by atoms with van der Waals surface area (Å²) in [5.74, 6) is 2.39. The molecule has 2 aliphatic carbocycles. The van der Waals surface area contributed by atoms with Gasteiger partial charge in [0.1, 0.15) is 28.3 Å². The Kier molecular flexibility index (Phi) is 6.71. The molecule has 3 N–H and O–H groups in total. The highest BCUT2D eigenvalue weighted by molar-refractivity contribution is 6.01. The number of nitrogens with two attached hydrogens (primary N) is 1. The molecule has 3 aliphatic rings. The van der Waals surface area contributed by atoms with Gasteiger partial charge in [0.25, 0.3) is 5.91 Å². The van der Waals surface area contributed by atoms with Gasteiger partial charge in [-0.2, -0.15) is 0 Å². The summed E-state index contributed by atoms with van der Waals surface area (Å²) in [5.41, 5.74) is 11.1. The fraction of sp³-hybridized carbons (Fsp3) is 0.382. The monoisotopic (exact) mass is 620 g/mol. The highest BCUT2D eigenvalue weighted by atomic mass is 16.5. The van der Waals surface area contributed by atoms with E-state index in [2.05, 4.69) is 20.9 Å². The van der Waals surface area contributed by atoms with Crippen molar-refractivity contribution in [2.75, 3.05) is 26.1 Å². The maximum Gasteiger partial charge on any atom is 0.341 e. The Bertz CT molecular complexity index is 2030. The van der Waals surface area contributed by atoms with Gasteiger partial charge in [0, 0.05) is 55.6 Å². The number of aryl methyl sites for hydroxylation is 1. The van der Waals surface area contributed by atoms with Gasteiger partial charge in [0.15, 0.2) is 5.82 Å². The fourth-order valence-electron chi connectivity index (χ4n) is 7.31. The second kappa shape index (κ2) is 10.8. The summed E-state index contributed by atoms with van der Waals surface area (Å²) in [6.07, 6.45) is 7.46. The molecule has 5 aromatic rings. The van der Waals surface area contributed by atoms with Gasteiger partial charge in [-0.3, -0.25) is 9.78 Å². The molecule has 3 fully saturated rings. The van der Waals surface area contributed by atoms with E-state index in [1.54, 1.807) is 19.4 Å². The van der Waals surface area contributed by atoms with Crippen molar-refractivity contribution >= 4 is 45.4 Å². The van der Waals surface area contributed by atoms with Crippen LogP contribution in [0.15, 0.2) is 48.8 Å². The van der Waals surface area contributed by atoms with Crippen molar-refractivity contribution in [2.45, 2.75) is 44.3 Å². The van der Waals surface area contributed by atoms with E-state index < -0.39 is 5.97 Å². The maximum absolute atomic E-state index is 13.7. The van der Waals surface area contributed by atoms with Gasteiger partial charge >= 0.3 is 5.97 Å². The van der Waals surface area contributed by atoms with E-state index in [-0.39, 0.29) is 18.0 Å². The second-order valence-corrected chi connectivity index (χ2v) is 12.7. The molecule has 1 saturated heterocycles. The predicted molar refractivity (Wildman–Crippen MR) is 173 cm³/mol. The molecular weight excluding hydrogens is 584 g/mol. The number of ether oxygens (including phenoxy) is 2. The number of nitrogens with zero attached hydrogens (tertiary/aromatic N) is 6. The Labute approximate surface area is 265 Å². The Balaban J connectivity index is 1.20. The number of carbonyl (C=O) groups excluding carboxylic acids is 2. The van der Waals surface area contributed by atoms with E-state index in [4.69, 9.17) is 25.2 Å². The zero-order valence-electron chi connectivity index (χ0n) is 26.1. The molecule has 12 nitrogen and oxygen atoms in total. The molecule has 236 valence electrons. The molecule has 0 radical (unpaired) electrons. The Morgan fingerprint density at radius 1 is 1.07 bits per heavy atom. The number of hydrogen-bond acceptors (Lipinski definition) is 9. The third kappa shape index (κ3) is 4.58. The lowest BCUT2D eigenvalue weighted by atomic mass is 10.1. The van der Waals surface area contributed by atoms with Crippen molar-refractivity contribution in [1.82, 2.24) is 29.0 Å². The van der Waals surface area contributed by atoms with Crippen molar-refractivity contribution in [2.24, 2.45) is 24.6 Å². The van der Waals surface area contributed by atoms with Gasteiger partial charge in [0.2, 0.25) is 0 Å². The number of hydrogen-bond donors (Lipinski definition) is 2. The topological polar surface area (TPSA) is 142 Å². The van der Waals surface area contributed by atoms with E-state index >= 15 is 0 Å². The van der Waals surface area contributed by atoms with Crippen LogP contribution in [0.25, 0.3) is 33.6 Å². The van der Waals surface area contributed by atoms with Gasteiger partial charge < -0.3 is 34.6 Å².